The molecule has 0 radical (unpaired) electrons. The Morgan fingerprint density at radius 2 is 1.74 bits per heavy atom. The second-order valence-electron chi connectivity index (χ2n) is 4.83. The van der Waals surface area contributed by atoms with Crippen LogP contribution in [0.25, 0.3) is 0 Å². The second-order valence-corrected chi connectivity index (χ2v) is 5.64. The molecule has 2 aromatic rings. The normalized spacial score (nSPS) is 12.5. The van der Waals surface area contributed by atoms with Crippen molar-refractivity contribution in [2.45, 2.75) is 26.4 Å². The number of aliphatic hydroxyl groups is 1. The maximum atomic E-state index is 10.3. The van der Waals surface area contributed by atoms with Crippen LogP contribution in [0.4, 0.5) is 0 Å². The summed E-state index contributed by atoms with van der Waals surface area (Å²) in [5.41, 5.74) is 4.23. The molecule has 2 rings (SSSR count). The number of halogens is 2. The fraction of sp³-hybridized carbons (Fsp3) is 0.250. The van der Waals surface area contributed by atoms with Gasteiger partial charge in [-0.1, -0.05) is 53.0 Å². The van der Waals surface area contributed by atoms with Gasteiger partial charge in [0.15, 0.2) is 0 Å². The average molecular weight is 295 g/mol. The van der Waals surface area contributed by atoms with Gasteiger partial charge in [-0.25, -0.2) is 0 Å². The molecule has 2 aromatic carbocycles. The zero-order valence-corrected chi connectivity index (χ0v) is 12.5. The van der Waals surface area contributed by atoms with E-state index in [0.29, 0.717) is 16.5 Å². The first-order valence-electron chi connectivity index (χ1n) is 6.16. The van der Waals surface area contributed by atoms with Crippen molar-refractivity contribution >= 4 is 23.2 Å². The summed E-state index contributed by atoms with van der Waals surface area (Å²) in [6.07, 6.45) is -0.00121. The van der Waals surface area contributed by atoms with Crippen molar-refractivity contribution in [1.29, 1.82) is 0 Å². The highest BCUT2D eigenvalue weighted by atomic mass is 35.5. The Labute approximate surface area is 123 Å². The predicted molar refractivity (Wildman–Crippen MR) is 81.0 cm³/mol. The van der Waals surface area contributed by atoms with Gasteiger partial charge in [-0.3, -0.25) is 0 Å². The fourth-order valence-electron chi connectivity index (χ4n) is 2.20. The van der Waals surface area contributed by atoms with Gasteiger partial charge in [-0.15, -0.1) is 0 Å². The molecule has 0 aliphatic rings. The second kappa shape index (κ2) is 5.96. The van der Waals surface area contributed by atoms with Crippen molar-refractivity contribution in [2.75, 3.05) is 0 Å². The highest BCUT2D eigenvalue weighted by Gasteiger charge is 2.12. The van der Waals surface area contributed by atoms with Crippen LogP contribution in [0.5, 0.6) is 0 Å². The first kappa shape index (κ1) is 14.4. The SMILES string of the molecule is Cc1ccc(C(O)Cc2ccc(Cl)c(Cl)c2)c(C)c1. The Morgan fingerprint density at radius 1 is 1.00 bits per heavy atom. The largest absolute Gasteiger partial charge is 0.388 e. The molecule has 0 fully saturated rings. The molecule has 0 bridgehead atoms. The summed E-state index contributed by atoms with van der Waals surface area (Å²) in [6, 6.07) is 11.5. The summed E-state index contributed by atoms with van der Waals surface area (Å²) in [6.45, 7) is 4.06. The van der Waals surface area contributed by atoms with Gasteiger partial charge in [0.25, 0.3) is 0 Å². The summed E-state index contributed by atoms with van der Waals surface area (Å²) >= 11 is 11.9. The highest BCUT2D eigenvalue weighted by molar-refractivity contribution is 6.42. The highest BCUT2D eigenvalue weighted by Crippen LogP contribution is 2.27. The molecule has 1 atom stereocenters. The third-order valence-corrected chi connectivity index (χ3v) is 3.94. The topological polar surface area (TPSA) is 20.2 Å². The Bertz CT molecular complexity index is 593. The number of hydrogen-bond donors (Lipinski definition) is 1. The van der Waals surface area contributed by atoms with E-state index in [4.69, 9.17) is 23.2 Å². The number of aliphatic hydroxyl groups excluding tert-OH is 1. The minimum Gasteiger partial charge on any atom is -0.388 e. The van der Waals surface area contributed by atoms with Gasteiger partial charge in [-0.05, 0) is 42.7 Å². The van der Waals surface area contributed by atoms with Gasteiger partial charge in [0.1, 0.15) is 0 Å². The van der Waals surface area contributed by atoms with E-state index in [0.717, 1.165) is 16.7 Å². The average Bonchev–Trinajstić information content (AvgIpc) is 2.33. The van der Waals surface area contributed by atoms with Crippen LogP contribution in [0.15, 0.2) is 36.4 Å². The molecule has 0 aliphatic carbocycles. The van der Waals surface area contributed by atoms with Crippen LogP contribution in [0.3, 0.4) is 0 Å². The van der Waals surface area contributed by atoms with Crippen LogP contribution in [-0.2, 0) is 6.42 Å². The van der Waals surface area contributed by atoms with Crippen molar-refractivity contribution in [3.63, 3.8) is 0 Å². The first-order chi connectivity index (χ1) is 8.97. The Balaban J connectivity index is 2.20. The van der Waals surface area contributed by atoms with E-state index in [1.807, 2.05) is 32.0 Å². The summed E-state index contributed by atoms with van der Waals surface area (Å²) in [5.74, 6) is 0. The molecule has 100 valence electrons. The summed E-state index contributed by atoms with van der Waals surface area (Å²) in [4.78, 5) is 0. The third-order valence-electron chi connectivity index (χ3n) is 3.20. The lowest BCUT2D eigenvalue weighted by Crippen LogP contribution is -2.04. The third kappa shape index (κ3) is 3.50. The van der Waals surface area contributed by atoms with Crippen LogP contribution in [0.1, 0.15) is 28.4 Å². The molecule has 0 saturated carbocycles. The monoisotopic (exact) mass is 294 g/mol. The van der Waals surface area contributed by atoms with E-state index in [1.54, 1.807) is 12.1 Å². The molecule has 0 aliphatic heterocycles. The molecule has 19 heavy (non-hydrogen) atoms. The molecule has 1 nitrogen and oxygen atoms in total. The molecule has 0 saturated heterocycles. The molecule has 0 heterocycles. The predicted octanol–water partition coefficient (Wildman–Crippen LogP) is 4.89. The number of rotatable bonds is 3. The van der Waals surface area contributed by atoms with Crippen molar-refractivity contribution in [1.82, 2.24) is 0 Å². The molecule has 0 spiro atoms. The summed E-state index contributed by atoms with van der Waals surface area (Å²) in [7, 11) is 0. The van der Waals surface area contributed by atoms with Crippen molar-refractivity contribution in [3.8, 4) is 0 Å². The lowest BCUT2D eigenvalue weighted by Gasteiger charge is -2.15. The maximum Gasteiger partial charge on any atom is 0.0832 e. The van der Waals surface area contributed by atoms with E-state index in [2.05, 4.69) is 6.07 Å². The quantitative estimate of drug-likeness (QED) is 0.855. The maximum absolute atomic E-state index is 10.3. The summed E-state index contributed by atoms with van der Waals surface area (Å²) in [5, 5.41) is 11.4. The Kier molecular flexibility index (Phi) is 4.51. The van der Waals surface area contributed by atoms with Gasteiger partial charge >= 0.3 is 0 Å². The molecule has 1 N–H and O–H groups in total. The smallest absolute Gasteiger partial charge is 0.0832 e. The van der Waals surface area contributed by atoms with Gasteiger partial charge in [0, 0.05) is 6.42 Å². The zero-order chi connectivity index (χ0) is 14.0. The molecule has 0 amide bonds. The van der Waals surface area contributed by atoms with E-state index in [1.165, 1.54) is 5.56 Å². The zero-order valence-electron chi connectivity index (χ0n) is 11.0. The molecule has 1 unspecified atom stereocenters. The number of aryl methyl sites for hydroxylation is 2. The Hall–Kier alpha value is -1.02. The number of benzene rings is 2. The van der Waals surface area contributed by atoms with E-state index >= 15 is 0 Å². The summed E-state index contributed by atoms with van der Waals surface area (Å²) < 4.78 is 0. The van der Waals surface area contributed by atoms with Gasteiger partial charge in [-0.2, -0.15) is 0 Å². The van der Waals surface area contributed by atoms with E-state index < -0.39 is 6.10 Å². The van der Waals surface area contributed by atoms with Crippen molar-refractivity contribution in [3.05, 3.63) is 68.7 Å². The van der Waals surface area contributed by atoms with Crippen molar-refractivity contribution in [2.24, 2.45) is 0 Å². The molecule has 3 heteroatoms. The first-order valence-corrected chi connectivity index (χ1v) is 6.92. The lowest BCUT2D eigenvalue weighted by molar-refractivity contribution is 0.177. The van der Waals surface area contributed by atoms with Gasteiger partial charge < -0.3 is 5.11 Å². The van der Waals surface area contributed by atoms with Crippen LogP contribution >= 0.6 is 23.2 Å². The van der Waals surface area contributed by atoms with Crippen molar-refractivity contribution < 1.29 is 5.11 Å². The van der Waals surface area contributed by atoms with Crippen LogP contribution in [0.2, 0.25) is 10.0 Å². The Morgan fingerprint density at radius 3 is 2.37 bits per heavy atom. The molecular formula is C16H16Cl2O. The molecular weight excluding hydrogens is 279 g/mol. The minimum atomic E-state index is -0.530. The van der Waals surface area contributed by atoms with Crippen LogP contribution in [-0.4, -0.2) is 5.11 Å². The lowest BCUT2D eigenvalue weighted by atomic mass is 9.96. The molecule has 0 aromatic heterocycles. The van der Waals surface area contributed by atoms with Gasteiger partial charge in [0.05, 0.1) is 16.1 Å². The van der Waals surface area contributed by atoms with Crippen LogP contribution in [0, 0.1) is 13.8 Å². The number of hydrogen-bond acceptors (Lipinski definition) is 1. The standard InChI is InChI=1S/C16H16Cl2O/c1-10-3-5-13(11(2)7-10)16(19)9-12-4-6-14(17)15(18)8-12/h3-8,16,19H,9H2,1-2H3. The van der Waals surface area contributed by atoms with E-state index in [9.17, 15) is 5.11 Å². The minimum absolute atomic E-state index is 0.520. The van der Waals surface area contributed by atoms with E-state index in [-0.39, 0.29) is 0 Å². The fourth-order valence-corrected chi connectivity index (χ4v) is 2.52. The van der Waals surface area contributed by atoms with Gasteiger partial charge in [0.2, 0.25) is 0 Å². The van der Waals surface area contributed by atoms with Crippen LogP contribution < -0.4 is 0 Å².